The summed E-state index contributed by atoms with van der Waals surface area (Å²) >= 11 is 0. The standard InChI is InChI=1S/C15H17N5/c1-13-4-9-20-14(11-18-15(20)10-13)12-19(7-2-5-16)8-3-6-17/h4,9-11H,2-3,7-8,12H2,1H3. The number of hydrogen-bond donors (Lipinski definition) is 0. The maximum absolute atomic E-state index is 8.71. The normalized spacial score (nSPS) is 10.6. The van der Waals surface area contributed by atoms with Crippen LogP contribution >= 0.6 is 0 Å². The van der Waals surface area contributed by atoms with Crippen LogP contribution < -0.4 is 0 Å². The van der Waals surface area contributed by atoms with Crippen LogP contribution in [0.4, 0.5) is 0 Å². The summed E-state index contributed by atoms with van der Waals surface area (Å²) in [5.74, 6) is 0. The lowest BCUT2D eigenvalue weighted by atomic mass is 10.3. The van der Waals surface area contributed by atoms with Gasteiger partial charge in [-0.2, -0.15) is 10.5 Å². The Balaban J connectivity index is 2.15. The number of rotatable bonds is 6. The molecule has 2 aromatic heterocycles. The molecule has 0 aromatic carbocycles. The van der Waals surface area contributed by atoms with Crippen molar-refractivity contribution in [3.8, 4) is 12.1 Å². The third-order valence-electron chi connectivity index (χ3n) is 3.21. The number of hydrogen-bond acceptors (Lipinski definition) is 4. The molecule has 0 saturated carbocycles. The lowest BCUT2D eigenvalue weighted by Crippen LogP contribution is -2.26. The molecule has 0 spiro atoms. The Morgan fingerprint density at radius 3 is 2.60 bits per heavy atom. The van der Waals surface area contributed by atoms with Gasteiger partial charge in [0.2, 0.25) is 0 Å². The zero-order valence-electron chi connectivity index (χ0n) is 11.6. The van der Waals surface area contributed by atoms with Crippen LogP contribution in [0.15, 0.2) is 24.5 Å². The van der Waals surface area contributed by atoms with Gasteiger partial charge < -0.3 is 4.40 Å². The summed E-state index contributed by atoms with van der Waals surface area (Å²) in [6, 6.07) is 8.39. The van der Waals surface area contributed by atoms with Crippen molar-refractivity contribution in [3.05, 3.63) is 35.8 Å². The van der Waals surface area contributed by atoms with Gasteiger partial charge in [-0.1, -0.05) is 0 Å². The van der Waals surface area contributed by atoms with Gasteiger partial charge in [0, 0.05) is 38.7 Å². The molecule has 0 radical (unpaired) electrons. The molecule has 0 atom stereocenters. The molecule has 0 fully saturated rings. The average Bonchev–Trinajstić information content (AvgIpc) is 2.84. The van der Waals surface area contributed by atoms with Gasteiger partial charge in [-0.25, -0.2) is 4.98 Å². The fraction of sp³-hybridized carbons (Fsp3) is 0.400. The van der Waals surface area contributed by atoms with Gasteiger partial charge in [-0.15, -0.1) is 0 Å². The van der Waals surface area contributed by atoms with Crippen molar-refractivity contribution in [2.75, 3.05) is 13.1 Å². The van der Waals surface area contributed by atoms with Gasteiger partial charge in [0.1, 0.15) is 5.65 Å². The predicted octanol–water partition coefficient (Wildman–Crippen LogP) is 2.27. The van der Waals surface area contributed by atoms with E-state index in [4.69, 9.17) is 10.5 Å². The number of aryl methyl sites for hydroxylation is 1. The highest BCUT2D eigenvalue weighted by atomic mass is 15.1. The average molecular weight is 267 g/mol. The Bertz CT molecular complexity index is 641. The van der Waals surface area contributed by atoms with Crippen molar-refractivity contribution in [1.29, 1.82) is 10.5 Å². The highest BCUT2D eigenvalue weighted by molar-refractivity contribution is 5.42. The Morgan fingerprint density at radius 1 is 1.25 bits per heavy atom. The number of fused-ring (bicyclic) bond motifs is 1. The molecule has 102 valence electrons. The van der Waals surface area contributed by atoms with E-state index in [2.05, 4.69) is 26.4 Å². The molecule has 0 amide bonds. The highest BCUT2D eigenvalue weighted by Gasteiger charge is 2.09. The second-order valence-corrected chi connectivity index (χ2v) is 4.77. The molecule has 2 aromatic rings. The number of nitriles is 2. The van der Waals surface area contributed by atoms with E-state index in [-0.39, 0.29) is 0 Å². The second kappa shape index (κ2) is 6.70. The summed E-state index contributed by atoms with van der Waals surface area (Å²) in [5, 5.41) is 17.4. The summed E-state index contributed by atoms with van der Waals surface area (Å²) in [5.41, 5.74) is 3.19. The lowest BCUT2D eigenvalue weighted by molar-refractivity contribution is 0.274. The van der Waals surface area contributed by atoms with Gasteiger partial charge in [0.15, 0.2) is 0 Å². The SMILES string of the molecule is Cc1ccn2c(CN(CCC#N)CCC#N)cnc2c1. The first-order chi connectivity index (χ1) is 9.74. The van der Waals surface area contributed by atoms with Gasteiger partial charge >= 0.3 is 0 Å². The first-order valence-corrected chi connectivity index (χ1v) is 6.63. The molecule has 5 heteroatoms. The van der Waals surface area contributed by atoms with E-state index in [1.807, 2.05) is 31.5 Å². The minimum atomic E-state index is 0.473. The molecule has 0 aliphatic heterocycles. The van der Waals surface area contributed by atoms with Crippen molar-refractivity contribution in [3.63, 3.8) is 0 Å². The van der Waals surface area contributed by atoms with E-state index < -0.39 is 0 Å². The van der Waals surface area contributed by atoms with Crippen LogP contribution in [-0.2, 0) is 6.54 Å². The third kappa shape index (κ3) is 3.34. The number of pyridine rings is 1. The molecule has 2 rings (SSSR count). The topological polar surface area (TPSA) is 68.1 Å². The number of nitrogens with zero attached hydrogens (tertiary/aromatic N) is 5. The van der Waals surface area contributed by atoms with Crippen molar-refractivity contribution in [2.24, 2.45) is 0 Å². The monoisotopic (exact) mass is 267 g/mol. The largest absolute Gasteiger partial charge is 0.303 e. The molecule has 0 N–H and O–H groups in total. The van der Waals surface area contributed by atoms with Crippen LogP contribution in [0.1, 0.15) is 24.1 Å². The molecule has 20 heavy (non-hydrogen) atoms. The van der Waals surface area contributed by atoms with Crippen LogP contribution in [0.25, 0.3) is 5.65 Å². The molecule has 0 saturated heterocycles. The summed E-state index contributed by atoms with van der Waals surface area (Å²) in [7, 11) is 0. The summed E-state index contributed by atoms with van der Waals surface area (Å²) in [6.45, 7) is 4.10. The van der Waals surface area contributed by atoms with Gasteiger partial charge in [0.05, 0.1) is 24.0 Å². The first kappa shape index (κ1) is 14.0. The van der Waals surface area contributed by atoms with E-state index >= 15 is 0 Å². The van der Waals surface area contributed by atoms with Crippen LogP contribution in [0.5, 0.6) is 0 Å². The third-order valence-corrected chi connectivity index (χ3v) is 3.21. The Kier molecular flexibility index (Phi) is 4.70. The van der Waals surface area contributed by atoms with Crippen molar-refractivity contribution < 1.29 is 0 Å². The summed E-state index contributed by atoms with van der Waals surface area (Å²) in [6.07, 6.45) is 4.82. The molecule has 5 nitrogen and oxygen atoms in total. The van der Waals surface area contributed by atoms with Gasteiger partial charge in [-0.3, -0.25) is 4.90 Å². The van der Waals surface area contributed by atoms with Gasteiger partial charge in [-0.05, 0) is 24.6 Å². The zero-order chi connectivity index (χ0) is 14.4. The van der Waals surface area contributed by atoms with Crippen LogP contribution in [-0.4, -0.2) is 27.4 Å². The van der Waals surface area contributed by atoms with Gasteiger partial charge in [0.25, 0.3) is 0 Å². The van der Waals surface area contributed by atoms with Crippen molar-refractivity contribution in [2.45, 2.75) is 26.3 Å². The number of imidazole rings is 1. The smallest absolute Gasteiger partial charge is 0.137 e. The molecule has 0 unspecified atom stereocenters. The predicted molar refractivity (Wildman–Crippen MR) is 75.7 cm³/mol. The van der Waals surface area contributed by atoms with Crippen LogP contribution in [0.3, 0.4) is 0 Å². The van der Waals surface area contributed by atoms with Crippen molar-refractivity contribution >= 4 is 5.65 Å². The molecule has 0 bridgehead atoms. The number of aromatic nitrogens is 2. The van der Waals surface area contributed by atoms with Crippen LogP contribution in [0.2, 0.25) is 0 Å². The van der Waals surface area contributed by atoms with E-state index in [9.17, 15) is 0 Å². The van der Waals surface area contributed by atoms with E-state index in [0.29, 0.717) is 32.5 Å². The zero-order valence-corrected chi connectivity index (χ0v) is 11.6. The van der Waals surface area contributed by atoms with E-state index in [1.165, 1.54) is 5.56 Å². The minimum absolute atomic E-state index is 0.473. The highest BCUT2D eigenvalue weighted by Crippen LogP contribution is 2.11. The van der Waals surface area contributed by atoms with E-state index in [1.54, 1.807) is 0 Å². The maximum Gasteiger partial charge on any atom is 0.137 e. The first-order valence-electron chi connectivity index (χ1n) is 6.63. The molecule has 0 aliphatic rings. The second-order valence-electron chi connectivity index (χ2n) is 4.77. The molecule has 2 heterocycles. The summed E-state index contributed by atoms with van der Waals surface area (Å²) < 4.78 is 2.05. The fourth-order valence-corrected chi connectivity index (χ4v) is 2.17. The maximum atomic E-state index is 8.71. The molecule has 0 aliphatic carbocycles. The minimum Gasteiger partial charge on any atom is -0.303 e. The Morgan fingerprint density at radius 2 is 1.95 bits per heavy atom. The van der Waals surface area contributed by atoms with Crippen LogP contribution in [0, 0.1) is 29.6 Å². The summed E-state index contributed by atoms with van der Waals surface area (Å²) in [4.78, 5) is 6.52. The Labute approximate surface area is 118 Å². The lowest BCUT2D eigenvalue weighted by Gasteiger charge is -2.19. The van der Waals surface area contributed by atoms with Crippen molar-refractivity contribution in [1.82, 2.24) is 14.3 Å². The van der Waals surface area contributed by atoms with E-state index in [0.717, 1.165) is 11.3 Å². The quantitative estimate of drug-likeness (QED) is 0.805. The molecular weight excluding hydrogens is 250 g/mol. The fourth-order valence-electron chi connectivity index (χ4n) is 2.17. The molecular formula is C15H17N5. The Hall–Kier alpha value is -2.37.